The van der Waals surface area contributed by atoms with E-state index in [1.165, 1.54) is 0 Å². The number of allylic oxidation sites excluding steroid dienone is 4. The predicted molar refractivity (Wildman–Crippen MR) is 90.5 cm³/mol. The SMILES string of the molecule is C/C=C\C(=C/C)n1c2ccccc2c(=O)c2ccccc21. The first-order chi connectivity index (χ1) is 10.3. The van der Waals surface area contributed by atoms with Crippen molar-refractivity contribution in [2.45, 2.75) is 13.8 Å². The fourth-order valence-corrected chi connectivity index (χ4v) is 2.74. The first-order valence-corrected chi connectivity index (χ1v) is 7.10. The van der Waals surface area contributed by atoms with Crippen molar-refractivity contribution in [3.63, 3.8) is 0 Å². The molecule has 0 aliphatic heterocycles. The molecule has 0 bridgehead atoms. The molecule has 3 rings (SSSR count). The van der Waals surface area contributed by atoms with Crippen LogP contribution in [0.1, 0.15) is 13.8 Å². The molecule has 0 aliphatic rings. The van der Waals surface area contributed by atoms with Crippen molar-refractivity contribution in [2.75, 3.05) is 0 Å². The Balaban J connectivity index is 2.61. The molecule has 0 atom stereocenters. The molecule has 1 heterocycles. The highest BCUT2D eigenvalue weighted by Crippen LogP contribution is 2.23. The molecular formula is C19H17NO. The Hall–Kier alpha value is -2.61. The van der Waals surface area contributed by atoms with Crippen LogP contribution < -0.4 is 5.43 Å². The summed E-state index contributed by atoms with van der Waals surface area (Å²) in [5.74, 6) is 0. The first kappa shape index (κ1) is 13.4. The summed E-state index contributed by atoms with van der Waals surface area (Å²) >= 11 is 0. The molecule has 0 radical (unpaired) electrons. The average Bonchev–Trinajstić information content (AvgIpc) is 2.54. The Morgan fingerprint density at radius 1 is 0.905 bits per heavy atom. The molecule has 0 saturated heterocycles. The number of benzene rings is 2. The number of rotatable bonds is 2. The van der Waals surface area contributed by atoms with E-state index in [4.69, 9.17) is 0 Å². The highest BCUT2D eigenvalue weighted by Gasteiger charge is 2.11. The highest BCUT2D eigenvalue weighted by atomic mass is 16.1. The van der Waals surface area contributed by atoms with Crippen LogP contribution in [0.15, 0.2) is 71.6 Å². The topological polar surface area (TPSA) is 22.0 Å². The number of fused-ring (bicyclic) bond motifs is 2. The third-order valence-corrected chi connectivity index (χ3v) is 3.67. The summed E-state index contributed by atoms with van der Waals surface area (Å²) in [5, 5.41) is 1.50. The smallest absolute Gasteiger partial charge is 0.197 e. The van der Waals surface area contributed by atoms with Gasteiger partial charge in [0, 0.05) is 16.5 Å². The Morgan fingerprint density at radius 3 is 1.90 bits per heavy atom. The van der Waals surface area contributed by atoms with Gasteiger partial charge in [0.2, 0.25) is 0 Å². The summed E-state index contributed by atoms with van der Waals surface area (Å²) in [4.78, 5) is 12.7. The first-order valence-electron chi connectivity index (χ1n) is 7.10. The van der Waals surface area contributed by atoms with Gasteiger partial charge >= 0.3 is 0 Å². The largest absolute Gasteiger partial charge is 0.309 e. The lowest BCUT2D eigenvalue weighted by Crippen LogP contribution is -2.10. The van der Waals surface area contributed by atoms with E-state index in [1.807, 2.05) is 68.5 Å². The zero-order valence-electron chi connectivity index (χ0n) is 12.2. The van der Waals surface area contributed by atoms with Crippen LogP contribution in [-0.2, 0) is 0 Å². The van der Waals surface area contributed by atoms with Crippen LogP contribution in [0.3, 0.4) is 0 Å². The second-order valence-corrected chi connectivity index (χ2v) is 4.91. The van der Waals surface area contributed by atoms with E-state index < -0.39 is 0 Å². The van der Waals surface area contributed by atoms with Crippen LogP contribution in [0.4, 0.5) is 0 Å². The summed E-state index contributed by atoms with van der Waals surface area (Å²) in [6.07, 6.45) is 6.13. The fourth-order valence-electron chi connectivity index (χ4n) is 2.74. The number of para-hydroxylation sites is 2. The number of hydrogen-bond donors (Lipinski definition) is 0. The van der Waals surface area contributed by atoms with Crippen LogP contribution in [0.5, 0.6) is 0 Å². The number of aromatic nitrogens is 1. The summed E-state index contributed by atoms with van der Waals surface area (Å²) in [5.41, 5.74) is 3.03. The van der Waals surface area contributed by atoms with E-state index in [2.05, 4.69) is 16.7 Å². The summed E-state index contributed by atoms with van der Waals surface area (Å²) in [7, 11) is 0. The van der Waals surface area contributed by atoms with E-state index in [-0.39, 0.29) is 5.43 Å². The van der Waals surface area contributed by atoms with Crippen molar-refractivity contribution >= 4 is 27.5 Å². The summed E-state index contributed by atoms with van der Waals surface area (Å²) in [6.45, 7) is 4.01. The molecule has 21 heavy (non-hydrogen) atoms. The fraction of sp³-hybridized carbons (Fsp3) is 0.105. The minimum atomic E-state index is 0.0911. The maximum atomic E-state index is 12.7. The van der Waals surface area contributed by atoms with Crippen LogP contribution in [0.2, 0.25) is 0 Å². The summed E-state index contributed by atoms with van der Waals surface area (Å²) in [6, 6.07) is 15.5. The van der Waals surface area contributed by atoms with Gasteiger partial charge in [0.05, 0.1) is 11.0 Å². The van der Waals surface area contributed by atoms with Crippen molar-refractivity contribution < 1.29 is 0 Å². The van der Waals surface area contributed by atoms with E-state index >= 15 is 0 Å². The molecule has 0 fully saturated rings. The maximum absolute atomic E-state index is 12.7. The number of nitrogens with zero attached hydrogens (tertiary/aromatic N) is 1. The van der Waals surface area contributed by atoms with Crippen molar-refractivity contribution in [1.29, 1.82) is 0 Å². The molecular weight excluding hydrogens is 258 g/mol. The van der Waals surface area contributed by atoms with Crippen LogP contribution in [0.25, 0.3) is 27.5 Å². The molecule has 0 unspecified atom stereocenters. The van der Waals surface area contributed by atoms with Gasteiger partial charge < -0.3 is 4.57 Å². The van der Waals surface area contributed by atoms with E-state index in [0.717, 1.165) is 27.5 Å². The second kappa shape index (κ2) is 5.41. The lowest BCUT2D eigenvalue weighted by Gasteiger charge is -2.15. The molecule has 1 aromatic heterocycles. The van der Waals surface area contributed by atoms with Crippen LogP contribution >= 0.6 is 0 Å². The van der Waals surface area contributed by atoms with Gasteiger partial charge in [-0.05, 0) is 44.2 Å². The maximum Gasteiger partial charge on any atom is 0.197 e. The molecule has 0 N–H and O–H groups in total. The Kier molecular flexibility index (Phi) is 3.44. The lowest BCUT2D eigenvalue weighted by molar-refractivity contribution is 1.21. The molecule has 2 nitrogen and oxygen atoms in total. The molecule has 0 spiro atoms. The molecule has 2 heteroatoms. The van der Waals surface area contributed by atoms with Gasteiger partial charge in [-0.1, -0.05) is 36.4 Å². The van der Waals surface area contributed by atoms with Gasteiger partial charge in [0.1, 0.15) is 0 Å². The van der Waals surface area contributed by atoms with Gasteiger partial charge in [0.25, 0.3) is 0 Å². The van der Waals surface area contributed by atoms with Gasteiger partial charge in [0.15, 0.2) is 5.43 Å². The minimum Gasteiger partial charge on any atom is -0.309 e. The van der Waals surface area contributed by atoms with Crippen LogP contribution in [0, 0.1) is 0 Å². The molecule has 0 saturated carbocycles. The summed E-state index contributed by atoms with van der Waals surface area (Å²) < 4.78 is 2.14. The Labute approximate surface area is 123 Å². The van der Waals surface area contributed by atoms with Gasteiger partial charge in [-0.25, -0.2) is 0 Å². The quantitative estimate of drug-likeness (QED) is 0.495. The van der Waals surface area contributed by atoms with Crippen molar-refractivity contribution in [3.8, 4) is 0 Å². The third kappa shape index (κ3) is 2.09. The second-order valence-electron chi connectivity index (χ2n) is 4.91. The Bertz CT molecular complexity index is 869. The monoisotopic (exact) mass is 275 g/mol. The zero-order chi connectivity index (χ0) is 14.8. The van der Waals surface area contributed by atoms with E-state index in [1.54, 1.807) is 0 Å². The average molecular weight is 275 g/mol. The molecule has 104 valence electrons. The molecule has 2 aromatic carbocycles. The van der Waals surface area contributed by atoms with Crippen LogP contribution in [-0.4, -0.2) is 4.57 Å². The Morgan fingerprint density at radius 2 is 1.43 bits per heavy atom. The number of hydrogen-bond acceptors (Lipinski definition) is 1. The lowest BCUT2D eigenvalue weighted by atomic mass is 10.1. The molecule has 0 amide bonds. The molecule has 0 aliphatic carbocycles. The van der Waals surface area contributed by atoms with E-state index in [9.17, 15) is 4.79 Å². The number of pyridine rings is 1. The zero-order valence-corrected chi connectivity index (χ0v) is 12.2. The highest BCUT2D eigenvalue weighted by molar-refractivity contribution is 5.97. The molecule has 3 aromatic rings. The van der Waals surface area contributed by atoms with Gasteiger partial charge in [-0.15, -0.1) is 0 Å². The van der Waals surface area contributed by atoms with Crippen molar-refractivity contribution in [2.24, 2.45) is 0 Å². The minimum absolute atomic E-state index is 0.0911. The third-order valence-electron chi connectivity index (χ3n) is 3.67. The van der Waals surface area contributed by atoms with Crippen molar-refractivity contribution in [1.82, 2.24) is 4.57 Å². The standard InChI is InChI=1S/C19H17NO/c1-3-9-14(4-2)20-17-12-7-5-10-15(17)19(21)16-11-6-8-13-18(16)20/h3-13H,1-2H3/b9-3-,14-4+. The van der Waals surface area contributed by atoms with E-state index in [0.29, 0.717) is 0 Å². The van der Waals surface area contributed by atoms with Gasteiger partial charge in [-0.3, -0.25) is 4.79 Å². The van der Waals surface area contributed by atoms with Crippen molar-refractivity contribution in [3.05, 3.63) is 77.0 Å². The van der Waals surface area contributed by atoms with Gasteiger partial charge in [-0.2, -0.15) is 0 Å². The predicted octanol–water partition coefficient (Wildman–Crippen LogP) is 4.59. The normalized spacial score (nSPS) is 12.6.